The number of carbonyl (C=O) groups excluding carboxylic acids is 1. The van der Waals surface area contributed by atoms with Crippen molar-refractivity contribution in [3.8, 4) is 45.8 Å². The van der Waals surface area contributed by atoms with Crippen LogP contribution in [0.2, 0.25) is 0 Å². The lowest BCUT2D eigenvalue weighted by Gasteiger charge is -2.39. The summed E-state index contributed by atoms with van der Waals surface area (Å²) < 4.78 is 22.2. The predicted molar refractivity (Wildman–Crippen MR) is 150 cm³/mol. The van der Waals surface area contributed by atoms with Crippen LogP contribution in [0.5, 0.6) is 34.5 Å². The van der Waals surface area contributed by atoms with E-state index in [1.54, 1.807) is 0 Å². The second kappa shape index (κ2) is 12.1. The summed E-state index contributed by atoms with van der Waals surface area (Å²) in [4.78, 5) is 25.8. The summed E-state index contributed by atoms with van der Waals surface area (Å²) in [5, 5.41) is 80.2. The van der Waals surface area contributed by atoms with E-state index in [-0.39, 0.29) is 33.8 Å². The Morgan fingerprint density at radius 2 is 1.55 bits per heavy atom. The summed E-state index contributed by atoms with van der Waals surface area (Å²) in [6.45, 7) is -0.633. The third-order valence-corrected chi connectivity index (χ3v) is 6.75. The van der Waals surface area contributed by atoms with E-state index < -0.39 is 71.7 Å². The zero-order valence-electron chi connectivity index (χ0n) is 22.5. The van der Waals surface area contributed by atoms with Crippen molar-refractivity contribution in [2.75, 3.05) is 6.61 Å². The third-order valence-electron chi connectivity index (χ3n) is 6.75. The van der Waals surface area contributed by atoms with Crippen molar-refractivity contribution in [2.45, 2.75) is 30.7 Å². The van der Waals surface area contributed by atoms with Crippen molar-refractivity contribution in [1.82, 2.24) is 0 Å². The van der Waals surface area contributed by atoms with E-state index in [1.807, 2.05) is 0 Å². The van der Waals surface area contributed by atoms with Gasteiger partial charge >= 0.3 is 5.97 Å². The summed E-state index contributed by atoms with van der Waals surface area (Å²) in [6, 6.07) is 11.2. The molecule has 4 aromatic rings. The van der Waals surface area contributed by atoms with Crippen LogP contribution < -0.4 is 10.2 Å². The Bertz CT molecular complexity index is 1780. The Morgan fingerprint density at radius 3 is 2.25 bits per heavy atom. The fourth-order valence-corrected chi connectivity index (χ4v) is 4.47. The van der Waals surface area contributed by atoms with Crippen molar-refractivity contribution >= 4 is 23.0 Å². The summed E-state index contributed by atoms with van der Waals surface area (Å²) >= 11 is 0. The third kappa shape index (κ3) is 6.09. The average molecular weight is 611 g/mol. The minimum absolute atomic E-state index is 0.105. The van der Waals surface area contributed by atoms with Crippen LogP contribution >= 0.6 is 0 Å². The highest BCUT2D eigenvalue weighted by Crippen LogP contribution is 2.37. The molecule has 14 heteroatoms. The number of hydrogen-bond acceptors (Lipinski definition) is 14. The maximum Gasteiger partial charge on any atom is 0.330 e. The summed E-state index contributed by atoms with van der Waals surface area (Å²) in [7, 11) is 0. The molecule has 14 nitrogen and oxygen atoms in total. The molecule has 0 saturated carbocycles. The number of carbonyl (C=O) groups is 1. The Hall–Kier alpha value is -5.28. The van der Waals surface area contributed by atoms with Gasteiger partial charge in [-0.2, -0.15) is 0 Å². The van der Waals surface area contributed by atoms with E-state index in [4.69, 9.17) is 18.6 Å². The number of aromatic hydroxyl groups is 5. The summed E-state index contributed by atoms with van der Waals surface area (Å²) in [5.41, 5.74) is -0.608. The van der Waals surface area contributed by atoms with Crippen LogP contribution in [0.4, 0.5) is 0 Å². The van der Waals surface area contributed by atoms with Crippen molar-refractivity contribution in [1.29, 1.82) is 0 Å². The van der Waals surface area contributed by atoms with Gasteiger partial charge in [-0.3, -0.25) is 4.79 Å². The molecule has 8 N–H and O–H groups in total. The van der Waals surface area contributed by atoms with Gasteiger partial charge in [-0.25, -0.2) is 4.79 Å². The van der Waals surface area contributed by atoms with E-state index in [0.717, 1.165) is 18.2 Å². The second-order valence-corrected chi connectivity index (χ2v) is 9.82. The van der Waals surface area contributed by atoms with Gasteiger partial charge in [0.2, 0.25) is 17.5 Å². The number of aliphatic hydroxyl groups excluding tert-OH is 3. The second-order valence-electron chi connectivity index (χ2n) is 9.82. The van der Waals surface area contributed by atoms with Crippen LogP contribution in [0.15, 0.2) is 69.9 Å². The number of phenols is 5. The van der Waals surface area contributed by atoms with Gasteiger partial charge in [0.25, 0.3) is 0 Å². The molecule has 1 fully saturated rings. The molecular weight excluding hydrogens is 584 g/mol. The quantitative estimate of drug-likeness (QED) is 0.0840. The van der Waals surface area contributed by atoms with E-state index in [2.05, 4.69) is 0 Å². The molecule has 0 amide bonds. The van der Waals surface area contributed by atoms with E-state index in [0.29, 0.717) is 5.56 Å². The van der Waals surface area contributed by atoms with Crippen molar-refractivity contribution in [2.24, 2.45) is 0 Å². The van der Waals surface area contributed by atoms with Crippen molar-refractivity contribution < 1.29 is 64.3 Å². The highest BCUT2D eigenvalue weighted by molar-refractivity contribution is 5.88. The highest BCUT2D eigenvalue weighted by atomic mass is 16.7. The van der Waals surface area contributed by atoms with Gasteiger partial charge in [-0.15, -0.1) is 0 Å². The number of esters is 1. The number of hydrogen-bond donors (Lipinski definition) is 8. The molecule has 0 unspecified atom stereocenters. The first-order valence-corrected chi connectivity index (χ1v) is 13.0. The fraction of sp³-hybridized carbons (Fsp3) is 0.200. The lowest BCUT2D eigenvalue weighted by molar-refractivity contribution is -0.278. The molecule has 230 valence electrons. The minimum Gasteiger partial charge on any atom is -0.508 e. The van der Waals surface area contributed by atoms with Crippen LogP contribution in [-0.4, -0.2) is 84.1 Å². The first kappa shape index (κ1) is 30.2. The van der Waals surface area contributed by atoms with E-state index >= 15 is 0 Å². The summed E-state index contributed by atoms with van der Waals surface area (Å²) in [6.07, 6.45) is -6.57. The van der Waals surface area contributed by atoms with Crippen LogP contribution in [0.3, 0.4) is 0 Å². The molecule has 44 heavy (non-hydrogen) atoms. The summed E-state index contributed by atoms with van der Waals surface area (Å²) in [5.74, 6) is -3.65. The van der Waals surface area contributed by atoms with Crippen LogP contribution in [0.25, 0.3) is 28.4 Å². The highest BCUT2D eigenvalue weighted by Gasteiger charge is 2.46. The van der Waals surface area contributed by atoms with Crippen LogP contribution in [0.1, 0.15) is 5.56 Å². The number of benzene rings is 3. The molecule has 0 radical (unpaired) electrons. The molecule has 2 heterocycles. The molecule has 1 aromatic heterocycles. The lowest BCUT2D eigenvalue weighted by atomic mass is 9.99. The molecule has 1 aliphatic heterocycles. The van der Waals surface area contributed by atoms with Crippen LogP contribution in [0, 0.1) is 0 Å². The molecule has 0 bridgehead atoms. The van der Waals surface area contributed by atoms with E-state index in [9.17, 15) is 50.4 Å². The Morgan fingerprint density at radius 1 is 0.818 bits per heavy atom. The standard InChI is InChI=1S/C30H26O14/c31-15-5-3-14(4-6-15)28-29(25(38)23-19(35)10-16(32)11-20(23)42-28)44-30-27(40)26(39)24(37)21(43-30)12-41-22(36)8-2-13-1-7-17(33)18(34)9-13/h1-11,21,24,26-27,30-35,37,39-40H,12H2/b8-2+/t21-,24+,26-,27+,30-/m0/s1. The maximum atomic E-state index is 13.5. The molecule has 3 aromatic carbocycles. The largest absolute Gasteiger partial charge is 0.508 e. The normalized spacial score (nSPS) is 21.8. The molecule has 1 saturated heterocycles. The Balaban J connectivity index is 1.41. The minimum atomic E-state index is -1.92. The molecule has 0 spiro atoms. The number of ether oxygens (including phenoxy) is 3. The topological polar surface area (TPSA) is 237 Å². The Kier molecular flexibility index (Phi) is 8.33. The van der Waals surface area contributed by atoms with Gasteiger partial charge in [-0.1, -0.05) is 6.07 Å². The van der Waals surface area contributed by atoms with Crippen LogP contribution in [-0.2, 0) is 14.3 Å². The number of fused-ring (bicyclic) bond motifs is 1. The maximum absolute atomic E-state index is 13.5. The van der Waals surface area contributed by atoms with Gasteiger partial charge < -0.3 is 59.5 Å². The van der Waals surface area contributed by atoms with Crippen molar-refractivity contribution in [3.05, 3.63) is 76.5 Å². The molecule has 5 atom stereocenters. The SMILES string of the molecule is O=C(/C=C/c1ccc(O)c(O)c1)OC[C@@H]1O[C@@H](Oc2c(-c3ccc(O)cc3)oc3cc(O)cc(O)c3c2=O)[C@H](O)[C@@H](O)[C@@H]1O. The first-order valence-electron chi connectivity index (χ1n) is 13.0. The monoisotopic (exact) mass is 610 g/mol. The molecule has 0 aliphatic carbocycles. The van der Waals surface area contributed by atoms with Gasteiger partial charge in [0, 0.05) is 23.8 Å². The van der Waals surface area contributed by atoms with Gasteiger partial charge in [0.1, 0.15) is 59.2 Å². The number of aliphatic hydroxyl groups is 3. The number of rotatable bonds is 7. The Labute approximate surface area is 247 Å². The number of phenolic OH excluding ortho intramolecular Hbond substituents is 5. The smallest absolute Gasteiger partial charge is 0.330 e. The first-order chi connectivity index (χ1) is 20.9. The van der Waals surface area contributed by atoms with Crippen molar-refractivity contribution in [3.63, 3.8) is 0 Å². The molecule has 1 aliphatic rings. The van der Waals surface area contributed by atoms with Gasteiger partial charge in [-0.05, 0) is 48.0 Å². The van der Waals surface area contributed by atoms with Gasteiger partial charge in [0.05, 0.1) is 0 Å². The zero-order chi connectivity index (χ0) is 31.7. The molecular formula is C30H26O14. The zero-order valence-corrected chi connectivity index (χ0v) is 22.5. The van der Waals surface area contributed by atoms with E-state index in [1.165, 1.54) is 48.5 Å². The fourth-order valence-electron chi connectivity index (χ4n) is 4.47. The lowest BCUT2D eigenvalue weighted by Crippen LogP contribution is -2.60. The average Bonchev–Trinajstić information content (AvgIpc) is 2.98. The van der Waals surface area contributed by atoms with Gasteiger partial charge in [0.15, 0.2) is 17.3 Å². The predicted octanol–water partition coefficient (Wildman–Crippen LogP) is 1.43. The molecule has 5 rings (SSSR count).